The number of carbonyl (C=O) groups excluding carboxylic acids is 4. The van der Waals surface area contributed by atoms with Crippen molar-refractivity contribution in [2.45, 2.75) is 13.8 Å². The number of quaternary nitrogens is 2. The Bertz CT molecular complexity index is 196. The summed E-state index contributed by atoms with van der Waals surface area (Å²) in [6, 6.07) is 0. The molecule has 10 nitrogen and oxygen atoms in total. The van der Waals surface area contributed by atoms with Gasteiger partial charge in [-0.15, -0.1) is 0 Å². The van der Waals surface area contributed by atoms with E-state index in [1.807, 2.05) is 0 Å². The van der Waals surface area contributed by atoms with Crippen LogP contribution in [-0.2, 0) is 40.9 Å². The van der Waals surface area contributed by atoms with Crippen molar-refractivity contribution >= 4 is 23.5 Å². The van der Waals surface area contributed by atoms with Crippen LogP contribution in [0.15, 0.2) is 0 Å². The fourth-order valence-corrected chi connectivity index (χ4v) is 0. The average molecular weight is 288 g/mol. The molecule has 0 amide bonds. The molecule has 0 bridgehead atoms. The number of carbonyl (C=O) groups is 4. The van der Waals surface area contributed by atoms with Crippen LogP contribution in [0.2, 0.25) is 0 Å². The third-order valence-corrected chi connectivity index (χ3v) is 0.575. The van der Waals surface area contributed by atoms with Gasteiger partial charge in [-0.05, 0) is 0 Å². The van der Waals surface area contributed by atoms with Crippen molar-refractivity contribution in [1.29, 1.82) is 0 Å². The van der Waals surface area contributed by atoms with Gasteiger partial charge in [0.2, 0.25) is 0 Å². The van der Waals surface area contributed by atoms with Crippen molar-refractivity contribution in [1.82, 2.24) is 6.15 Å². The zero-order valence-corrected chi connectivity index (χ0v) is 10.9. The molecule has 0 radical (unpaired) electrons. The summed E-state index contributed by atoms with van der Waals surface area (Å²) in [4.78, 5) is 37.4. The Morgan fingerprint density at radius 2 is 0.882 bits per heavy atom. The standard InChI is InChI=1S/2C3H4O3.H2NO2.H3N.Ti/c2*1-2(4)3(5)6;2-1-3;;/h2*1H3,(H,5,6);1H2;1H3;/q;;-1;;+2/p-1. The first kappa shape index (κ1) is 29.7. The molecule has 0 saturated heterocycles. The minimum absolute atomic E-state index is 0. The summed E-state index contributed by atoms with van der Waals surface area (Å²) in [5, 5.41) is 35.0. The number of hydrogen-bond acceptors (Lipinski definition) is 8. The first-order chi connectivity index (χ1) is 6.70. The Labute approximate surface area is 111 Å². The van der Waals surface area contributed by atoms with Crippen LogP contribution in [0.4, 0.5) is 0 Å². The van der Waals surface area contributed by atoms with Crippen molar-refractivity contribution < 1.29 is 56.8 Å². The van der Waals surface area contributed by atoms with Crippen LogP contribution in [0.5, 0.6) is 0 Å². The molecule has 0 unspecified atom stereocenters. The van der Waals surface area contributed by atoms with Crippen molar-refractivity contribution in [3.63, 3.8) is 0 Å². The third kappa shape index (κ3) is 52.3. The first-order valence-electron chi connectivity index (χ1n) is 3.20. The average Bonchev–Trinajstić information content (AvgIpc) is 2.06. The van der Waals surface area contributed by atoms with Crippen LogP contribution in [0, 0.1) is 10.4 Å². The van der Waals surface area contributed by atoms with E-state index in [1.54, 1.807) is 0 Å². The Morgan fingerprint density at radius 1 is 0.824 bits per heavy atom. The number of ketones is 2. The molecule has 0 saturated carbocycles. The van der Waals surface area contributed by atoms with Gasteiger partial charge in [-0.25, -0.2) is 0 Å². The summed E-state index contributed by atoms with van der Waals surface area (Å²) in [5.41, 5.74) is -0.500. The number of rotatable bonds is 2. The zero-order valence-electron chi connectivity index (χ0n) is 9.34. The second kappa shape index (κ2) is 20.3. The Kier molecular flexibility index (Phi) is 35.4. The predicted molar refractivity (Wildman–Crippen MR) is 46.0 cm³/mol. The maximum Gasteiger partial charge on any atom is 2.00 e. The number of carboxylic acids is 2. The van der Waals surface area contributed by atoms with Crippen molar-refractivity contribution in [3.8, 4) is 0 Å². The van der Waals surface area contributed by atoms with E-state index in [2.05, 4.69) is 0 Å². The number of nitrogens with two attached hydrogens (primary N) is 1. The largest absolute Gasteiger partial charge is 2.00 e. The van der Waals surface area contributed by atoms with Crippen LogP contribution in [-0.4, -0.2) is 23.5 Å². The van der Waals surface area contributed by atoms with Crippen molar-refractivity contribution in [3.05, 3.63) is 10.4 Å². The summed E-state index contributed by atoms with van der Waals surface area (Å²) < 4.78 is 0. The zero-order chi connectivity index (χ0) is 13.0. The Morgan fingerprint density at radius 3 is 0.882 bits per heavy atom. The number of aliphatic carboxylic acids is 2. The van der Waals surface area contributed by atoms with Crippen LogP contribution < -0.4 is 22.0 Å². The molecule has 11 heteroatoms. The summed E-state index contributed by atoms with van der Waals surface area (Å²) in [6.45, 7) is 1.88. The summed E-state index contributed by atoms with van der Waals surface area (Å²) in [7, 11) is 0. The molecule has 0 atom stereocenters. The molecule has 98 valence electrons. The number of hydrogen-bond donors (Lipinski definition) is 2. The Balaban J connectivity index is -0.0000000421. The van der Waals surface area contributed by atoms with Gasteiger partial charge in [-0.3, -0.25) is 9.59 Å². The summed E-state index contributed by atoms with van der Waals surface area (Å²) in [6.07, 6.45) is 0. The summed E-state index contributed by atoms with van der Waals surface area (Å²) >= 11 is 0. The van der Waals surface area contributed by atoms with Gasteiger partial charge in [0.15, 0.2) is 11.6 Å². The van der Waals surface area contributed by atoms with E-state index in [0.717, 1.165) is 13.8 Å². The van der Waals surface area contributed by atoms with Gasteiger partial charge >= 0.3 is 21.7 Å². The molecule has 0 rings (SSSR count). The second-order valence-electron chi connectivity index (χ2n) is 1.78. The van der Waals surface area contributed by atoms with Crippen LogP contribution in [0.3, 0.4) is 0 Å². The fraction of sp³-hybridized carbons (Fsp3) is 0.333. The molecule has 17 heavy (non-hydrogen) atoms. The molecular formula is C6H12N2O8Ti. The molecule has 6 N–H and O–H groups in total. The maximum atomic E-state index is 9.48. The van der Waals surface area contributed by atoms with Crippen molar-refractivity contribution in [2.24, 2.45) is 0 Å². The Hall–Kier alpha value is -1.17. The van der Waals surface area contributed by atoms with E-state index in [9.17, 15) is 29.4 Å². The van der Waals surface area contributed by atoms with Crippen molar-refractivity contribution in [2.75, 3.05) is 0 Å². The van der Waals surface area contributed by atoms with Gasteiger partial charge in [-0.1, -0.05) is 0 Å². The monoisotopic (exact) mass is 288 g/mol. The molecule has 0 aromatic rings. The summed E-state index contributed by atoms with van der Waals surface area (Å²) in [5.74, 6) is -5.13. The topological polar surface area (TPSA) is 214 Å². The van der Waals surface area contributed by atoms with Crippen LogP contribution >= 0.6 is 0 Å². The maximum absolute atomic E-state index is 9.48. The van der Waals surface area contributed by atoms with E-state index in [0.29, 0.717) is 0 Å². The normalized spacial score (nSPS) is 6.35. The van der Waals surface area contributed by atoms with E-state index >= 15 is 0 Å². The molecule has 0 aliphatic heterocycles. The smallest absolute Gasteiger partial charge is 0.635 e. The van der Waals surface area contributed by atoms with E-state index in [4.69, 9.17) is 10.4 Å². The fourth-order valence-electron chi connectivity index (χ4n) is 0. The van der Waals surface area contributed by atoms with Gasteiger partial charge in [0.1, 0.15) is 11.9 Å². The molecule has 0 aliphatic rings. The minimum Gasteiger partial charge on any atom is -0.635 e. The number of carboxylic acid groups (broad SMARTS) is 2. The molecular weight excluding hydrogens is 276 g/mol. The van der Waals surface area contributed by atoms with E-state index in [1.165, 1.54) is 0 Å². The molecule has 0 heterocycles. The second-order valence-corrected chi connectivity index (χ2v) is 1.78. The SMILES string of the molecule is CC(=O)C(=O)[O-].CC(=O)C(=O)[O-].[NH4+].[O-][NH2+][O-].[Ti+2]. The van der Waals surface area contributed by atoms with Gasteiger partial charge < -0.3 is 42.0 Å². The molecule has 0 aromatic carbocycles. The predicted octanol–water partition coefficient (Wildman–Crippen LogP) is -4.43. The molecule has 0 spiro atoms. The van der Waals surface area contributed by atoms with Gasteiger partial charge in [0.25, 0.3) is 0 Å². The van der Waals surface area contributed by atoms with Crippen LogP contribution in [0.25, 0.3) is 0 Å². The first-order valence-corrected chi connectivity index (χ1v) is 3.20. The van der Waals surface area contributed by atoms with Gasteiger partial charge in [0, 0.05) is 13.8 Å². The molecule has 0 aromatic heterocycles. The molecule has 0 fully saturated rings. The van der Waals surface area contributed by atoms with E-state index in [-0.39, 0.29) is 27.9 Å². The third-order valence-electron chi connectivity index (χ3n) is 0.575. The minimum atomic E-state index is -1.63. The number of Topliss-reactive ketones (excluding diaryl/α,β-unsaturated/α-hetero) is 2. The quantitative estimate of drug-likeness (QED) is 0.286. The van der Waals surface area contributed by atoms with E-state index < -0.39 is 29.1 Å². The van der Waals surface area contributed by atoms with Crippen LogP contribution in [0.1, 0.15) is 13.8 Å². The van der Waals surface area contributed by atoms with Gasteiger partial charge in [-0.2, -0.15) is 0 Å². The molecule has 0 aliphatic carbocycles. The van der Waals surface area contributed by atoms with Gasteiger partial charge in [0.05, 0.1) is 0 Å².